The molecule has 0 radical (unpaired) electrons. The minimum absolute atomic E-state index is 0.0882. The zero-order valence-electron chi connectivity index (χ0n) is 28.6. The maximum Gasteiger partial charge on any atom is 0.307 e. The van der Waals surface area contributed by atoms with Crippen LogP contribution in [0.1, 0.15) is 36.8 Å². The standard InChI is InChI=1S/C39H38Cl2N6O5/c1-52-37-24(18-42-20-27-11-13-34(48)44-27)10-12-32(45-37)31-9-3-8-30(36(31)41)29-7-2-6-28(35(29)40)23-14-16-47-33(17-23)43-19-26(38(47)49)22-46-15-4-5-25(21-46)39(50)51/h2-3,6-10,12,14,16-17,19,25,27,42H,4-5,11,13,15,18,20-22H2,1H3,(H,44,48)(H,50,51). The fourth-order valence-corrected chi connectivity index (χ4v) is 7.74. The van der Waals surface area contributed by atoms with Gasteiger partial charge >= 0.3 is 5.97 Å². The molecule has 13 heteroatoms. The molecule has 11 nitrogen and oxygen atoms in total. The van der Waals surface area contributed by atoms with E-state index in [9.17, 15) is 19.5 Å². The number of carboxylic acids is 1. The van der Waals surface area contributed by atoms with Crippen molar-refractivity contribution in [2.75, 3.05) is 26.7 Å². The van der Waals surface area contributed by atoms with Gasteiger partial charge in [-0.05, 0) is 49.6 Å². The van der Waals surface area contributed by atoms with Gasteiger partial charge in [0.2, 0.25) is 11.8 Å². The molecule has 2 unspecified atom stereocenters. The Morgan fingerprint density at radius 2 is 1.75 bits per heavy atom. The number of rotatable bonds is 11. The fraction of sp³-hybridized carbons (Fsp3) is 0.308. The summed E-state index contributed by atoms with van der Waals surface area (Å²) in [5.74, 6) is -0.656. The second-order valence-electron chi connectivity index (χ2n) is 13.3. The van der Waals surface area contributed by atoms with Crippen molar-refractivity contribution in [2.45, 2.75) is 44.8 Å². The summed E-state index contributed by atoms with van der Waals surface area (Å²) in [6.45, 7) is 2.70. The van der Waals surface area contributed by atoms with Crippen LogP contribution in [0.4, 0.5) is 0 Å². The van der Waals surface area contributed by atoms with Crippen LogP contribution in [0.25, 0.3) is 39.2 Å². The highest BCUT2D eigenvalue weighted by atomic mass is 35.5. The summed E-state index contributed by atoms with van der Waals surface area (Å²) in [6.07, 6.45) is 6.09. The van der Waals surface area contributed by atoms with Gasteiger partial charge in [-0.1, -0.05) is 65.7 Å². The average molecular weight is 742 g/mol. The highest BCUT2D eigenvalue weighted by Gasteiger charge is 2.26. The van der Waals surface area contributed by atoms with Crippen molar-refractivity contribution in [3.05, 3.63) is 105 Å². The Hall–Kier alpha value is -4.81. The highest BCUT2D eigenvalue weighted by Crippen LogP contribution is 2.42. The first-order valence-corrected chi connectivity index (χ1v) is 18.0. The van der Waals surface area contributed by atoms with Crippen molar-refractivity contribution < 1.29 is 19.4 Å². The molecule has 2 aromatic carbocycles. The molecule has 1 amide bonds. The summed E-state index contributed by atoms with van der Waals surface area (Å²) in [4.78, 5) is 47.9. The summed E-state index contributed by atoms with van der Waals surface area (Å²) in [6, 6.07) is 19.1. The molecule has 3 aromatic heterocycles. The monoisotopic (exact) mass is 740 g/mol. The van der Waals surface area contributed by atoms with Crippen LogP contribution >= 0.6 is 23.2 Å². The molecule has 7 rings (SSSR count). The van der Waals surface area contributed by atoms with Gasteiger partial charge in [0, 0.05) is 78.9 Å². The Labute approximate surface area is 310 Å². The van der Waals surface area contributed by atoms with Crippen molar-refractivity contribution in [1.82, 2.24) is 29.9 Å². The van der Waals surface area contributed by atoms with Crippen LogP contribution in [0.3, 0.4) is 0 Å². The number of piperidine rings is 1. The summed E-state index contributed by atoms with van der Waals surface area (Å²) in [5, 5.41) is 16.8. The van der Waals surface area contributed by atoms with Crippen molar-refractivity contribution in [3.8, 4) is 39.4 Å². The molecule has 5 heterocycles. The van der Waals surface area contributed by atoms with Crippen molar-refractivity contribution in [2.24, 2.45) is 5.92 Å². The fourth-order valence-electron chi connectivity index (χ4n) is 7.07. The molecule has 268 valence electrons. The molecular formula is C39H38Cl2N6O5. The number of benzene rings is 2. The lowest BCUT2D eigenvalue weighted by Crippen LogP contribution is -2.39. The Kier molecular flexibility index (Phi) is 10.6. The van der Waals surface area contributed by atoms with Crippen molar-refractivity contribution >= 4 is 40.7 Å². The summed E-state index contributed by atoms with van der Waals surface area (Å²) < 4.78 is 7.15. The first kappa shape index (κ1) is 35.6. The predicted molar refractivity (Wildman–Crippen MR) is 201 cm³/mol. The first-order valence-electron chi connectivity index (χ1n) is 17.3. The van der Waals surface area contributed by atoms with E-state index in [1.165, 1.54) is 4.40 Å². The SMILES string of the molecule is COc1nc(-c2cccc(-c3cccc(-c4ccn5c(=O)c(CN6CCCC(C(=O)O)C6)cnc5c4)c3Cl)c2Cl)ccc1CNCC1CCC(=O)N1. The molecule has 0 spiro atoms. The highest BCUT2D eigenvalue weighted by molar-refractivity contribution is 6.39. The van der Waals surface area contributed by atoms with E-state index in [4.69, 9.17) is 32.9 Å². The van der Waals surface area contributed by atoms with Crippen LogP contribution in [0.5, 0.6) is 5.88 Å². The molecule has 2 aliphatic heterocycles. The largest absolute Gasteiger partial charge is 0.481 e. The lowest BCUT2D eigenvalue weighted by Gasteiger charge is -2.30. The van der Waals surface area contributed by atoms with Crippen LogP contribution in [0.15, 0.2) is 77.9 Å². The topological polar surface area (TPSA) is 138 Å². The Morgan fingerprint density at radius 1 is 1.00 bits per heavy atom. The number of nitrogens with zero attached hydrogens (tertiary/aromatic N) is 4. The summed E-state index contributed by atoms with van der Waals surface area (Å²) in [7, 11) is 1.58. The van der Waals surface area contributed by atoms with Gasteiger partial charge < -0.3 is 20.5 Å². The number of carbonyl (C=O) groups excluding carboxylic acids is 1. The maximum absolute atomic E-state index is 13.4. The number of carboxylic acid groups (broad SMARTS) is 1. The molecule has 2 fully saturated rings. The maximum atomic E-state index is 13.4. The number of aromatic nitrogens is 3. The molecule has 5 aromatic rings. The first-order chi connectivity index (χ1) is 25.2. The third kappa shape index (κ3) is 7.40. The number of hydrogen-bond acceptors (Lipinski definition) is 8. The van der Waals surface area contributed by atoms with E-state index in [1.54, 1.807) is 19.5 Å². The minimum Gasteiger partial charge on any atom is -0.481 e. The quantitative estimate of drug-likeness (QED) is 0.147. The second kappa shape index (κ2) is 15.4. The number of amides is 1. The number of ether oxygens (including phenoxy) is 1. The van der Waals surface area contributed by atoms with Gasteiger partial charge in [-0.3, -0.25) is 23.7 Å². The molecular weight excluding hydrogens is 703 g/mol. The van der Waals surface area contributed by atoms with Crippen LogP contribution in [-0.2, 0) is 22.7 Å². The van der Waals surface area contributed by atoms with E-state index in [0.29, 0.717) is 71.9 Å². The van der Waals surface area contributed by atoms with Gasteiger partial charge in [0.05, 0.1) is 34.3 Å². The van der Waals surface area contributed by atoms with Gasteiger partial charge in [0.25, 0.3) is 5.56 Å². The number of carbonyl (C=O) groups is 2. The van der Waals surface area contributed by atoms with E-state index < -0.39 is 11.9 Å². The third-order valence-corrected chi connectivity index (χ3v) is 10.6. The normalized spacial score (nSPS) is 17.7. The van der Waals surface area contributed by atoms with Crippen molar-refractivity contribution in [3.63, 3.8) is 0 Å². The van der Waals surface area contributed by atoms with E-state index >= 15 is 0 Å². The lowest BCUT2D eigenvalue weighted by atomic mass is 9.97. The Bertz CT molecular complexity index is 2230. The Balaban J connectivity index is 1.12. The van der Waals surface area contributed by atoms with E-state index in [0.717, 1.165) is 52.8 Å². The number of pyridine rings is 2. The number of methoxy groups -OCH3 is 1. The predicted octanol–water partition coefficient (Wildman–Crippen LogP) is 6.07. The van der Waals surface area contributed by atoms with Gasteiger partial charge in [-0.25, -0.2) is 9.97 Å². The van der Waals surface area contributed by atoms with Crippen molar-refractivity contribution in [1.29, 1.82) is 0 Å². The zero-order chi connectivity index (χ0) is 36.4. The number of nitrogens with one attached hydrogen (secondary N) is 2. The number of hydrogen-bond donors (Lipinski definition) is 3. The van der Waals surface area contributed by atoms with Gasteiger partial charge in [0.1, 0.15) is 5.65 Å². The Morgan fingerprint density at radius 3 is 2.48 bits per heavy atom. The molecule has 2 saturated heterocycles. The van der Waals surface area contributed by atoms with E-state index in [-0.39, 0.29) is 17.5 Å². The average Bonchev–Trinajstić information content (AvgIpc) is 3.57. The number of fused-ring (bicyclic) bond motifs is 1. The van der Waals surface area contributed by atoms with E-state index in [1.807, 2.05) is 65.6 Å². The van der Waals surface area contributed by atoms with Crippen LogP contribution in [0, 0.1) is 5.92 Å². The van der Waals surface area contributed by atoms with Crippen LogP contribution in [-0.4, -0.2) is 69.0 Å². The number of halogens is 2. The summed E-state index contributed by atoms with van der Waals surface area (Å²) in [5.41, 5.74) is 6.06. The molecule has 0 bridgehead atoms. The van der Waals surface area contributed by atoms with E-state index in [2.05, 4.69) is 15.6 Å². The number of likely N-dealkylation sites (tertiary alicyclic amines) is 1. The van der Waals surface area contributed by atoms with Crippen LogP contribution < -0.4 is 20.9 Å². The smallest absolute Gasteiger partial charge is 0.307 e. The zero-order valence-corrected chi connectivity index (χ0v) is 30.1. The van der Waals surface area contributed by atoms with Crippen LogP contribution in [0.2, 0.25) is 10.0 Å². The molecule has 0 saturated carbocycles. The molecule has 2 atom stereocenters. The molecule has 52 heavy (non-hydrogen) atoms. The third-order valence-electron chi connectivity index (χ3n) is 9.83. The summed E-state index contributed by atoms with van der Waals surface area (Å²) >= 11 is 14.2. The second-order valence-corrected chi connectivity index (χ2v) is 14.0. The number of aliphatic carboxylic acids is 1. The minimum atomic E-state index is -0.802. The van der Waals surface area contributed by atoms with Gasteiger partial charge in [-0.15, -0.1) is 0 Å². The van der Waals surface area contributed by atoms with Gasteiger partial charge in [-0.2, -0.15) is 0 Å². The lowest BCUT2D eigenvalue weighted by molar-refractivity contribution is -0.143. The molecule has 2 aliphatic rings. The molecule has 0 aliphatic carbocycles. The molecule has 3 N–H and O–H groups in total. The van der Waals surface area contributed by atoms with Gasteiger partial charge in [0.15, 0.2) is 0 Å².